The average Bonchev–Trinajstić information content (AvgIpc) is 2.25. The molecule has 0 unspecified atom stereocenters. The number of nitrogens with zero attached hydrogens (tertiary/aromatic N) is 1. The molecule has 4 rings (SSSR count). The first kappa shape index (κ1) is 12.0. The fourth-order valence-corrected chi connectivity index (χ4v) is 4.76. The van der Waals surface area contributed by atoms with E-state index in [1.807, 2.05) is 6.07 Å². The van der Waals surface area contributed by atoms with Crippen LogP contribution in [0.1, 0.15) is 45.4 Å². The first-order valence-corrected chi connectivity index (χ1v) is 6.78. The number of hydrogen-bond donors (Lipinski definition) is 1. The molecule has 4 aliphatic carbocycles. The van der Waals surface area contributed by atoms with E-state index in [1.165, 1.54) is 0 Å². The number of carbonyl (C=O) groups excluding carboxylic acids is 1. The van der Waals surface area contributed by atoms with Crippen molar-refractivity contribution in [2.45, 2.75) is 57.2 Å². The van der Waals surface area contributed by atoms with E-state index in [9.17, 15) is 9.90 Å². The summed E-state index contributed by atoms with van der Waals surface area (Å²) < 4.78 is 5.22. The van der Waals surface area contributed by atoms with Gasteiger partial charge in [-0.3, -0.25) is 4.79 Å². The highest BCUT2D eigenvalue weighted by Crippen LogP contribution is 2.62. The molecule has 4 aliphatic rings. The number of hydrogen-bond acceptors (Lipinski definition) is 4. The highest BCUT2D eigenvalue weighted by molar-refractivity contribution is 5.78. The van der Waals surface area contributed by atoms with Crippen LogP contribution in [-0.2, 0) is 9.53 Å². The Morgan fingerprint density at radius 3 is 2.50 bits per heavy atom. The summed E-state index contributed by atoms with van der Waals surface area (Å²) in [5.74, 6) is 0.659. The van der Waals surface area contributed by atoms with Gasteiger partial charge in [0.2, 0.25) is 0 Å². The molecule has 4 saturated carbocycles. The van der Waals surface area contributed by atoms with Gasteiger partial charge in [0, 0.05) is 0 Å². The van der Waals surface area contributed by atoms with Crippen LogP contribution in [0.25, 0.3) is 0 Å². The zero-order valence-corrected chi connectivity index (χ0v) is 10.7. The second-order valence-electron chi connectivity index (χ2n) is 6.64. The molecular formula is C14H19NO3. The molecular weight excluding hydrogens is 230 g/mol. The molecule has 4 heteroatoms. The zero-order valence-electron chi connectivity index (χ0n) is 10.7. The molecule has 4 nitrogen and oxygen atoms in total. The van der Waals surface area contributed by atoms with Gasteiger partial charge in [-0.25, -0.2) is 0 Å². The van der Waals surface area contributed by atoms with Crippen molar-refractivity contribution >= 4 is 5.97 Å². The Labute approximate surface area is 107 Å². The van der Waals surface area contributed by atoms with E-state index < -0.39 is 17.1 Å². The van der Waals surface area contributed by atoms with E-state index >= 15 is 0 Å². The van der Waals surface area contributed by atoms with Crippen LogP contribution >= 0.6 is 0 Å². The summed E-state index contributed by atoms with van der Waals surface area (Å²) in [6.45, 7) is 1.59. The summed E-state index contributed by atoms with van der Waals surface area (Å²) in [7, 11) is 0. The van der Waals surface area contributed by atoms with Crippen LogP contribution in [-0.4, -0.2) is 22.8 Å². The fourth-order valence-electron chi connectivity index (χ4n) is 4.76. The fraction of sp³-hybridized carbons (Fsp3) is 0.857. The van der Waals surface area contributed by atoms with E-state index in [2.05, 4.69) is 0 Å². The largest absolute Gasteiger partial charge is 0.447 e. The summed E-state index contributed by atoms with van der Waals surface area (Å²) in [6, 6.07) is 1.93. The SMILES string of the molecule is C[C@@H](C#N)OC(=O)C12C[C@H]3C[C@@H](CC(O)(C3)C1)C2. The predicted octanol–water partition coefficient (Wildman–Crippen LogP) is 1.77. The summed E-state index contributed by atoms with van der Waals surface area (Å²) in [4.78, 5) is 12.3. The second kappa shape index (κ2) is 3.71. The van der Waals surface area contributed by atoms with Crippen LogP contribution in [0.15, 0.2) is 0 Å². The molecule has 0 aliphatic heterocycles. The van der Waals surface area contributed by atoms with Crippen LogP contribution < -0.4 is 0 Å². The third-order valence-electron chi connectivity index (χ3n) is 4.93. The maximum atomic E-state index is 12.3. The molecule has 0 radical (unpaired) electrons. The minimum Gasteiger partial charge on any atom is -0.447 e. The van der Waals surface area contributed by atoms with E-state index in [1.54, 1.807) is 6.92 Å². The molecule has 18 heavy (non-hydrogen) atoms. The number of aliphatic hydroxyl groups is 1. The molecule has 0 saturated heterocycles. The molecule has 0 spiro atoms. The standard InChI is InChI=1S/C14H19NO3/c1-9(7-15)18-12(16)13-3-10-2-11(4-13)6-14(17,5-10)8-13/h9-11,17H,2-6,8H2,1H3/t9-,10+,11+,13?,14?/m0/s1. The van der Waals surface area contributed by atoms with Gasteiger partial charge in [-0.2, -0.15) is 5.26 Å². The van der Waals surface area contributed by atoms with E-state index in [4.69, 9.17) is 10.00 Å². The van der Waals surface area contributed by atoms with Gasteiger partial charge in [-0.1, -0.05) is 0 Å². The Balaban J connectivity index is 1.83. The second-order valence-corrected chi connectivity index (χ2v) is 6.64. The summed E-state index contributed by atoms with van der Waals surface area (Å²) >= 11 is 0. The Bertz CT molecular complexity index is 411. The molecule has 0 amide bonds. The summed E-state index contributed by atoms with van der Waals surface area (Å²) in [5, 5.41) is 19.3. The minimum atomic E-state index is -0.694. The van der Waals surface area contributed by atoms with Gasteiger partial charge in [0.15, 0.2) is 6.10 Å². The molecule has 4 fully saturated rings. The lowest BCUT2D eigenvalue weighted by molar-refractivity contribution is -0.197. The highest BCUT2D eigenvalue weighted by atomic mass is 16.5. The summed E-state index contributed by atoms with van der Waals surface area (Å²) in [5.41, 5.74) is -1.16. The van der Waals surface area contributed by atoms with Crippen LogP contribution in [0.5, 0.6) is 0 Å². The first-order chi connectivity index (χ1) is 8.45. The third-order valence-corrected chi connectivity index (χ3v) is 4.93. The molecule has 0 heterocycles. The lowest BCUT2D eigenvalue weighted by Gasteiger charge is -2.58. The monoisotopic (exact) mass is 249 g/mol. The van der Waals surface area contributed by atoms with Gasteiger partial charge in [-0.15, -0.1) is 0 Å². The first-order valence-electron chi connectivity index (χ1n) is 6.78. The average molecular weight is 249 g/mol. The molecule has 0 aromatic rings. The Hall–Kier alpha value is -1.08. The molecule has 4 bridgehead atoms. The van der Waals surface area contributed by atoms with Crippen molar-refractivity contribution in [1.82, 2.24) is 0 Å². The molecule has 1 N–H and O–H groups in total. The van der Waals surface area contributed by atoms with E-state index in [-0.39, 0.29) is 5.97 Å². The normalized spacial score (nSPS) is 46.5. The Kier molecular flexibility index (Phi) is 2.47. The van der Waals surface area contributed by atoms with Crippen LogP contribution in [0.3, 0.4) is 0 Å². The van der Waals surface area contributed by atoms with E-state index in [0.717, 1.165) is 32.1 Å². The van der Waals surface area contributed by atoms with Gasteiger partial charge < -0.3 is 9.84 Å². The smallest absolute Gasteiger partial charge is 0.313 e. The Morgan fingerprint density at radius 1 is 1.39 bits per heavy atom. The number of rotatable bonds is 2. The quantitative estimate of drug-likeness (QED) is 0.757. The van der Waals surface area contributed by atoms with Crippen molar-refractivity contribution in [1.29, 1.82) is 5.26 Å². The van der Waals surface area contributed by atoms with Crippen molar-refractivity contribution in [2.75, 3.05) is 0 Å². The van der Waals surface area contributed by atoms with Crippen molar-refractivity contribution in [2.24, 2.45) is 17.3 Å². The lowest BCUT2D eigenvalue weighted by Crippen LogP contribution is -2.58. The number of ether oxygens (including phenoxy) is 1. The number of esters is 1. The zero-order chi connectivity index (χ0) is 13.0. The van der Waals surface area contributed by atoms with E-state index in [0.29, 0.717) is 18.3 Å². The van der Waals surface area contributed by atoms with Gasteiger partial charge in [0.25, 0.3) is 0 Å². The third kappa shape index (κ3) is 1.73. The van der Waals surface area contributed by atoms with Crippen LogP contribution in [0, 0.1) is 28.6 Å². The summed E-state index contributed by atoms with van der Waals surface area (Å²) in [6.07, 6.45) is 4.33. The lowest BCUT2D eigenvalue weighted by atomic mass is 9.48. The van der Waals surface area contributed by atoms with Gasteiger partial charge >= 0.3 is 5.97 Å². The van der Waals surface area contributed by atoms with Gasteiger partial charge in [-0.05, 0) is 57.3 Å². The maximum Gasteiger partial charge on any atom is 0.313 e. The Morgan fingerprint density at radius 2 is 2.00 bits per heavy atom. The topological polar surface area (TPSA) is 70.3 Å². The highest BCUT2D eigenvalue weighted by Gasteiger charge is 2.61. The molecule has 3 atom stereocenters. The molecule has 98 valence electrons. The van der Waals surface area contributed by atoms with Crippen molar-refractivity contribution in [3.05, 3.63) is 0 Å². The van der Waals surface area contributed by atoms with Crippen molar-refractivity contribution in [3.8, 4) is 6.07 Å². The van der Waals surface area contributed by atoms with Gasteiger partial charge in [0.05, 0.1) is 11.0 Å². The minimum absolute atomic E-state index is 0.260. The number of nitriles is 1. The van der Waals surface area contributed by atoms with Crippen LogP contribution in [0.2, 0.25) is 0 Å². The van der Waals surface area contributed by atoms with Gasteiger partial charge in [0.1, 0.15) is 6.07 Å². The van der Waals surface area contributed by atoms with Crippen LogP contribution in [0.4, 0.5) is 0 Å². The van der Waals surface area contributed by atoms with Crippen molar-refractivity contribution in [3.63, 3.8) is 0 Å². The van der Waals surface area contributed by atoms with Crippen molar-refractivity contribution < 1.29 is 14.6 Å². The maximum absolute atomic E-state index is 12.3. The number of carbonyl (C=O) groups is 1. The molecule has 0 aromatic carbocycles. The predicted molar refractivity (Wildman–Crippen MR) is 63.2 cm³/mol. The molecule has 0 aromatic heterocycles.